The van der Waals surface area contributed by atoms with Gasteiger partial charge < -0.3 is 15.3 Å². The number of aryl methyl sites for hydroxylation is 1. The Labute approximate surface area is 123 Å². The lowest BCUT2D eigenvalue weighted by Gasteiger charge is -2.37. The number of phenols is 1. The lowest BCUT2D eigenvalue weighted by Crippen LogP contribution is -2.50. The number of rotatable bonds is 5. The summed E-state index contributed by atoms with van der Waals surface area (Å²) in [5.41, 5.74) is 2.37. The van der Waals surface area contributed by atoms with Gasteiger partial charge in [0.05, 0.1) is 0 Å². The molecule has 1 fully saturated rings. The molecule has 1 unspecified atom stereocenters. The molecule has 1 atom stereocenters. The van der Waals surface area contributed by atoms with Crippen LogP contribution in [-0.2, 0) is 0 Å². The Morgan fingerprint density at radius 1 is 1.30 bits per heavy atom. The molecule has 2 rings (SSSR count). The van der Waals surface area contributed by atoms with Gasteiger partial charge in [0, 0.05) is 23.7 Å². The van der Waals surface area contributed by atoms with Gasteiger partial charge in [0.1, 0.15) is 5.75 Å². The third kappa shape index (κ3) is 3.15. The summed E-state index contributed by atoms with van der Waals surface area (Å²) in [5.74, 6) is 0.398. The first-order valence-electron chi connectivity index (χ1n) is 7.65. The minimum absolute atomic E-state index is 0.174. The maximum Gasteiger partial charge on any atom is 0.120 e. The molecule has 2 N–H and O–H groups in total. The van der Waals surface area contributed by atoms with Crippen molar-refractivity contribution in [3.63, 3.8) is 0 Å². The van der Waals surface area contributed by atoms with Gasteiger partial charge in [-0.1, -0.05) is 25.0 Å². The second kappa shape index (κ2) is 6.15. The quantitative estimate of drug-likeness (QED) is 0.866. The van der Waals surface area contributed by atoms with E-state index in [2.05, 4.69) is 37.3 Å². The van der Waals surface area contributed by atoms with E-state index in [0.29, 0.717) is 5.75 Å². The van der Waals surface area contributed by atoms with Crippen molar-refractivity contribution in [1.82, 2.24) is 10.2 Å². The average Bonchev–Trinajstić information content (AvgIpc) is 2.86. The SMILES string of the molecule is Cc1ccc(C(C)NCC2(N(C)C)CCCC2)c(O)c1. The lowest BCUT2D eigenvalue weighted by molar-refractivity contribution is 0.150. The maximum absolute atomic E-state index is 10.1. The van der Waals surface area contributed by atoms with Crippen molar-refractivity contribution in [1.29, 1.82) is 0 Å². The number of hydrogen-bond acceptors (Lipinski definition) is 3. The Morgan fingerprint density at radius 2 is 1.95 bits per heavy atom. The highest BCUT2D eigenvalue weighted by Gasteiger charge is 2.35. The molecule has 1 aromatic rings. The third-order valence-electron chi connectivity index (χ3n) is 4.87. The van der Waals surface area contributed by atoms with E-state index in [1.54, 1.807) is 0 Å². The Balaban J connectivity index is 2.02. The molecule has 0 amide bonds. The maximum atomic E-state index is 10.1. The first-order valence-corrected chi connectivity index (χ1v) is 7.65. The van der Waals surface area contributed by atoms with Crippen molar-refractivity contribution in [2.45, 2.75) is 51.1 Å². The Morgan fingerprint density at radius 3 is 2.50 bits per heavy atom. The van der Waals surface area contributed by atoms with Crippen molar-refractivity contribution in [2.24, 2.45) is 0 Å². The van der Waals surface area contributed by atoms with Crippen LogP contribution in [0, 0.1) is 6.92 Å². The fourth-order valence-electron chi connectivity index (χ4n) is 3.29. The van der Waals surface area contributed by atoms with Gasteiger partial charge in [-0.2, -0.15) is 0 Å². The molecule has 1 aliphatic rings. The number of benzene rings is 1. The molecule has 0 radical (unpaired) electrons. The number of phenolic OH excluding ortho intramolecular Hbond substituents is 1. The van der Waals surface area contributed by atoms with E-state index in [9.17, 15) is 5.11 Å². The molecule has 0 bridgehead atoms. The van der Waals surface area contributed by atoms with Crippen molar-refractivity contribution >= 4 is 0 Å². The highest BCUT2D eigenvalue weighted by molar-refractivity contribution is 5.37. The molecule has 1 aromatic carbocycles. The Kier molecular flexibility index (Phi) is 4.71. The standard InChI is InChI=1S/C17H28N2O/c1-13-7-8-15(16(20)11-13)14(2)18-12-17(19(3)4)9-5-6-10-17/h7-8,11,14,18,20H,5-6,9-10,12H2,1-4H3. The summed E-state index contributed by atoms with van der Waals surface area (Å²) in [6.07, 6.45) is 5.17. The van der Waals surface area contributed by atoms with E-state index in [-0.39, 0.29) is 11.6 Å². The molecular weight excluding hydrogens is 248 g/mol. The fourth-order valence-corrected chi connectivity index (χ4v) is 3.29. The van der Waals surface area contributed by atoms with Crippen LogP contribution in [-0.4, -0.2) is 36.2 Å². The van der Waals surface area contributed by atoms with Crippen LogP contribution in [0.15, 0.2) is 18.2 Å². The minimum Gasteiger partial charge on any atom is -0.508 e. The topological polar surface area (TPSA) is 35.5 Å². The molecule has 112 valence electrons. The molecule has 1 aliphatic carbocycles. The number of likely N-dealkylation sites (N-methyl/N-ethyl adjacent to an activating group) is 1. The fraction of sp³-hybridized carbons (Fsp3) is 0.647. The predicted molar refractivity (Wildman–Crippen MR) is 84.1 cm³/mol. The summed E-state index contributed by atoms with van der Waals surface area (Å²) in [5, 5.41) is 13.7. The van der Waals surface area contributed by atoms with Crippen LogP contribution < -0.4 is 5.32 Å². The van der Waals surface area contributed by atoms with Crippen LogP contribution >= 0.6 is 0 Å². The van der Waals surface area contributed by atoms with Gasteiger partial charge in [-0.05, 0) is 52.4 Å². The van der Waals surface area contributed by atoms with Crippen molar-refractivity contribution in [3.05, 3.63) is 29.3 Å². The van der Waals surface area contributed by atoms with Crippen LogP contribution in [0.4, 0.5) is 0 Å². The zero-order valence-electron chi connectivity index (χ0n) is 13.2. The predicted octanol–water partition coefficient (Wildman–Crippen LogP) is 3.23. The van der Waals surface area contributed by atoms with Gasteiger partial charge in [-0.15, -0.1) is 0 Å². The Hall–Kier alpha value is -1.06. The van der Waals surface area contributed by atoms with Crippen LogP contribution in [0.1, 0.15) is 49.8 Å². The highest BCUT2D eigenvalue weighted by atomic mass is 16.3. The van der Waals surface area contributed by atoms with Crippen LogP contribution in [0.2, 0.25) is 0 Å². The van der Waals surface area contributed by atoms with Gasteiger partial charge in [0.15, 0.2) is 0 Å². The average molecular weight is 276 g/mol. The van der Waals surface area contributed by atoms with Gasteiger partial charge >= 0.3 is 0 Å². The third-order valence-corrected chi connectivity index (χ3v) is 4.87. The van der Waals surface area contributed by atoms with E-state index < -0.39 is 0 Å². The largest absolute Gasteiger partial charge is 0.508 e. The van der Waals surface area contributed by atoms with E-state index in [1.165, 1.54) is 25.7 Å². The molecule has 0 spiro atoms. The lowest BCUT2D eigenvalue weighted by atomic mass is 9.95. The van der Waals surface area contributed by atoms with E-state index in [0.717, 1.165) is 17.7 Å². The molecule has 3 heteroatoms. The molecule has 1 saturated carbocycles. The zero-order valence-corrected chi connectivity index (χ0v) is 13.2. The first kappa shape index (κ1) is 15.3. The van der Waals surface area contributed by atoms with Gasteiger partial charge in [-0.3, -0.25) is 0 Å². The van der Waals surface area contributed by atoms with Crippen molar-refractivity contribution in [2.75, 3.05) is 20.6 Å². The van der Waals surface area contributed by atoms with Crippen molar-refractivity contribution < 1.29 is 5.11 Å². The number of aromatic hydroxyl groups is 1. The van der Waals surface area contributed by atoms with Gasteiger partial charge in [-0.25, -0.2) is 0 Å². The summed E-state index contributed by atoms with van der Waals surface area (Å²) in [7, 11) is 4.36. The smallest absolute Gasteiger partial charge is 0.120 e. The molecule has 0 heterocycles. The van der Waals surface area contributed by atoms with Gasteiger partial charge in [0.25, 0.3) is 0 Å². The zero-order chi connectivity index (χ0) is 14.8. The molecule has 3 nitrogen and oxygen atoms in total. The molecular formula is C17H28N2O. The van der Waals surface area contributed by atoms with E-state index >= 15 is 0 Å². The monoisotopic (exact) mass is 276 g/mol. The molecule has 0 aromatic heterocycles. The molecule has 0 saturated heterocycles. The summed E-state index contributed by atoms with van der Waals surface area (Å²) >= 11 is 0. The van der Waals surface area contributed by atoms with Crippen LogP contribution in [0.5, 0.6) is 5.75 Å². The molecule has 0 aliphatic heterocycles. The van der Waals surface area contributed by atoms with Gasteiger partial charge in [0.2, 0.25) is 0 Å². The second-order valence-electron chi connectivity index (χ2n) is 6.49. The summed E-state index contributed by atoms with van der Waals surface area (Å²) in [6, 6.07) is 6.10. The van der Waals surface area contributed by atoms with E-state index in [4.69, 9.17) is 0 Å². The van der Waals surface area contributed by atoms with Crippen molar-refractivity contribution in [3.8, 4) is 5.75 Å². The summed E-state index contributed by atoms with van der Waals surface area (Å²) in [6.45, 7) is 5.11. The van der Waals surface area contributed by atoms with E-state index in [1.807, 2.05) is 19.1 Å². The second-order valence-corrected chi connectivity index (χ2v) is 6.49. The molecule has 20 heavy (non-hydrogen) atoms. The minimum atomic E-state index is 0.174. The number of nitrogens with one attached hydrogen (secondary N) is 1. The number of hydrogen-bond donors (Lipinski definition) is 2. The normalized spacial score (nSPS) is 19.4. The first-order chi connectivity index (χ1) is 9.44. The Bertz CT molecular complexity index is 450. The summed E-state index contributed by atoms with van der Waals surface area (Å²) < 4.78 is 0. The summed E-state index contributed by atoms with van der Waals surface area (Å²) in [4.78, 5) is 2.37. The van der Waals surface area contributed by atoms with Crippen LogP contribution in [0.3, 0.4) is 0 Å². The highest BCUT2D eigenvalue weighted by Crippen LogP contribution is 2.34. The number of nitrogens with zero attached hydrogens (tertiary/aromatic N) is 1. The van der Waals surface area contributed by atoms with Crippen LogP contribution in [0.25, 0.3) is 0 Å².